The van der Waals surface area contributed by atoms with Crippen molar-refractivity contribution < 1.29 is 9.53 Å². The SMILES string of the molecule is COc1ccc2c(c1)CCCN2C(=O)CN1CCC(c2nc3ccccc3s2)CC1. The summed E-state index contributed by atoms with van der Waals surface area (Å²) in [5.74, 6) is 1.58. The number of carbonyl (C=O) groups excluding carboxylic acids is 1. The number of fused-ring (bicyclic) bond motifs is 2. The highest BCUT2D eigenvalue weighted by molar-refractivity contribution is 7.18. The molecule has 6 heteroatoms. The standard InChI is InChI=1S/C24H27N3O2S/c1-29-19-8-9-21-18(15-19)5-4-12-27(21)23(28)16-26-13-10-17(11-14-26)24-25-20-6-2-3-7-22(20)30-24/h2-3,6-9,15,17H,4-5,10-14,16H2,1H3. The molecule has 0 radical (unpaired) electrons. The van der Waals surface area contributed by atoms with Gasteiger partial charge in [-0.3, -0.25) is 9.69 Å². The summed E-state index contributed by atoms with van der Waals surface area (Å²) in [6.07, 6.45) is 4.15. The maximum absolute atomic E-state index is 13.1. The summed E-state index contributed by atoms with van der Waals surface area (Å²) in [6.45, 7) is 3.21. The summed E-state index contributed by atoms with van der Waals surface area (Å²) in [5.41, 5.74) is 3.37. The summed E-state index contributed by atoms with van der Waals surface area (Å²) in [5, 5.41) is 1.25. The van der Waals surface area contributed by atoms with Crippen LogP contribution < -0.4 is 9.64 Å². The number of rotatable bonds is 4. The molecule has 0 aliphatic carbocycles. The second-order valence-corrected chi connectivity index (χ2v) is 9.28. The molecule has 5 rings (SSSR count). The molecule has 0 N–H and O–H groups in total. The van der Waals surface area contributed by atoms with Crippen LogP contribution in [0.4, 0.5) is 5.69 Å². The van der Waals surface area contributed by atoms with Gasteiger partial charge in [0.1, 0.15) is 5.75 Å². The van der Waals surface area contributed by atoms with Gasteiger partial charge in [-0.25, -0.2) is 4.98 Å². The topological polar surface area (TPSA) is 45.7 Å². The molecule has 0 atom stereocenters. The fourth-order valence-corrected chi connectivity index (χ4v) is 5.78. The average molecular weight is 422 g/mol. The van der Waals surface area contributed by atoms with E-state index >= 15 is 0 Å². The lowest BCUT2D eigenvalue weighted by Crippen LogP contribution is -2.45. The van der Waals surface area contributed by atoms with Gasteiger partial charge in [-0.15, -0.1) is 11.3 Å². The molecule has 1 aromatic heterocycles. The predicted octanol–water partition coefficient (Wildman–Crippen LogP) is 4.46. The molecule has 1 amide bonds. The monoisotopic (exact) mass is 421 g/mol. The number of carbonyl (C=O) groups is 1. The lowest BCUT2D eigenvalue weighted by molar-refractivity contribution is -0.120. The summed E-state index contributed by atoms with van der Waals surface area (Å²) < 4.78 is 6.62. The maximum atomic E-state index is 13.1. The largest absolute Gasteiger partial charge is 0.497 e. The molecule has 0 saturated carbocycles. The van der Waals surface area contributed by atoms with E-state index in [1.807, 2.05) is 28.4 Å². The fraction of sp³-hybridized carbons (Fsp3) is 0.417. The summed E-state index contributed by atoms with van der Waals surface area (Å²) in [4.78, 5) is 22.2. The Labute approximate surface area is 181 Å². The molecule has 3 aromatic rings. The van der Waals surface area contributed by atoms with Crippen LogP contribution in [0.5, 0.6) is 5.75 Å². The minimum atomic E-state index is 0.208. The first kappa shape index (κ1) is 19.5. The van der Waals surface area contributed by atoms with E-state index in [9.17, 15) is 4.79 Å². The highest BCUT2D eigenvalue weighted by Gasteiger charge is 2.28. The maximum Gasteiger partial charge on any atom is 0.241 e. The molecule has 1 fully saturated rings. The van der Waals surface area contributed by atoms with Crippen LogP contribution in [0.15, 0.2) is 42.5 Å². The lowest BCUT2D eigenvalue weighted by atomic mass is 9.97. The molecule has 2 aliphatic rings. The predicted molar refractivity (Wildman–Crippen MR) is 122 cm³/mol. The van der Waals surface area contributed by atoms with Crippen molar-refractivity contribution in [3.63, 3.8) is 0 Å². The molecule has 1 saturated heterocycles. The third kappa shape index (κ3) is 3.82. The number of hydrogen-bond acceptors (Lipinski definition) is 5. The fourth-order valence-electron chi connectivity index (χ4n) is 4.64. The first-order valence-corrected chi connectivity index (χ1v) is 11.6. The van der Waals surface area contributed by atoms with Crippen LogP contribution in [0.3, 0.4) is 0 Å². The molecule has 3 heterocycles. The van der Waals surface area contributed by atoms with E-state index in [0.29, 0.717) is 12.5 Å². The van der Waals surface area contributed by atoms with Crippen LogP contribution in [0, 0.1) is 0 Å². The smallest absolute Gasteiger partial charge is 0.241 e. The van der Waals surface area contributed by atoms with Crippen LogP contribution in [-0.2, 0) is 11.2 Å². The minimum absolute atomic E-state index is 0.208. The Morgan fingerprint density at radius 2 is 2.00 bits per heavy atom. The van der Waals surface area contributed by atoms with Crippen molar-refractivity contribution in [3.8, 4) is 5.75 Å². The molecule has 30 heavy (non-hydrogen) atoms. The zero-order chi connectivity index (χ0) is 20.5. The van der Waals surface area contributed by atoms with Gasteiger partial charge in [-0.05, 0) is 74.7 Å². The normalized spacial score (nSPS) is 17.8. The Kier molecular flexibility index (Phi) is 5.44. The van der Waals surface area contributed by atoms with E-state index in [2.05, 4.69) is 35.2 Å². The van der Waals surface area contributed by atoms with Gasteiger partial charge < -0.3 is 9.64 Å². The molecule has 5 nitrogen and oxygen atoms in total. The van der Waals surface area contributed by atoms with Crippen molar-refractivity contribution in [3.05, 3.63) is 53.0 Å². The Bertz CT molecular complexity index is 1020. The van der Waals surface area contributed by atoms with Gasteiger partial charge in [0.05, 0.1) is 28.9 Å². The molecule has 156 valence electrons. The summed E-state index contributed by atoms with van der Waals surface area (Å²) >= 11 is 1.82. The number of aryl methyl sites for hydroxylation is 1. The van der Waals surface area contributed by atoms with Crippen molar-refractivity contribution in [2.24, 2.45) is 0 Å². The van der Waals surface area contributed by atoms with E-state index in [1.165, 1.54) is 15.3 Å². The Hall–Kier alpha value is -2.44. The second-order valence-electron chi connectivity index (χ2n) is 8.21. The van der Waals surface area contributed by atoms with Gasteiger partial charge in [0.15, 0.2) is 0 Å². The number of anilines is 1. The van der Waals surface area contributed by atoms with E-state index < -0.39 is 0 Å². The first-order valence-electron chi connectivity index (χ1n) is 10.8. The molecular formula is C24H27N3O2S. The number of benzene rings is 2. The summed E-state index contributed by atoms with van der Waals surface area (Å²) in [7, 11) is 1.69. The number of amides is 1. The Morgan fingerprint density at radius 1 is 1.17 bits per heavy atom. The van der Waals surface area contributed by atoms with E-state index in [0.717, 1.165) is 62.3 Å². The van der Waals surface area contributed by atoms with Crippen molar-refractivity contribution in [2.75, 3.05) is 38.2 Å². The average Bonchev–Trinajstić information content (AvgIpc) is 3.23. The highest BCUT2D eigenvalue weighted by atomic mass is 32.1. The van der Waals surface area contributed by atoms with E-state index in [-0.39, 0.29) is 5.91 Å². The van der Waals surface area contributed by atoms with E-state index in [4.69, 9.17) is 9.72 Å². The van der Waals surface area contributed by atoms with Gasteiger partial charge in [0.2, 0.25) is 5.91 Å². The number of hydrogen-bond donors (Lipinski definition) is 0. The van der Waals surface area contributed by atoms with Gasteiger partial charge in [0.25, 0.3) is 0 Å². The van der Waals surface area contributed by atoms with Crippen molar-refractivity contribution in [2.45, 2.75) is 31.6 Å². The van der Waals surface area contributed by atoms with Gasteiger partial charge >= 0.3 is 0 Å². The van der Waals surface area contributed by atoms with Crippen molar-refractivity contribution in [1.29, 1.82) is 0 Å². The van der Waals surface area contributed by atoms with Crippen LogP contribution in [0.25, 0.3) is 10.2 Å². The zero-order valence-electron chi connectivity index (χ0n) is 17.3. The Balaban J connectivity index is 1.21. The van der Waals surface area contributed by atoms with Crippen LogP contribution in [-0.4, -0.2) is 49.1 Å². The summed E-state index contributed by atoms with van der Waals surface area (Å²) in [6, 6.07) is 14.4. The second kappa shape index (κ2) is 8.36. The molecule has 2 aromatic carbocycles. The van der Waals surface area contributed by atoms with Crippen LogP contribution >= 0.6 is 11.3 Å². The molecule has 2 aliphatic heterocycles. The van der Waals surface area contributed by atoms with Crippen molar-refractivity contribution >= 4 is 33.1 Å². The third-order valence-electron chi connectivity index (χ3n) is 6.31. The van der Waals surface area contributed by atoms with Crippen LogP contribution in [0.2, 0.25) is 0 Å². The number of nitrogens with zero attached hydrogens (tertiary/aromatic N) is 3. The number of aromatic nitrogens is 1. The number of ether oxygens (including phenoxy) is 1. The number of para-hydroxylation sites is 1. The Morgan fingerprint density at radius 3 is 2.80 bits per heavy atom. The zero-order valence-corrected chi connectivity index (χ0v) is 18.2. The number of methoxy groups -OCH3 is 1. The van der Waals surface area contributed by atoms with Gasteiger partial charge in [-0.1, -0.05) is 12.1 Å². The van der Waals surface area contributed by atoms with Gasteiger partial charge in [-0.2, -0.15) is 0 Å². The lowest BCUT2D eigenvalue weighted by Gasteiger charge is -2.34. The highest BCUT2D eigenvalue weighted by Crippen LogP contribution is 2.34. The minimum Gasteiger partial charge on any atom is -0.497 e. The number of likely N-dealkylation sites (tertiary alicyclic amines) is 1. The molecular weight excluding hydrogens is 394 g/mol. The van der Waals surface area contributed by atoms with Crippen molar-refractivity contribution in [1.82, 2.24) is 9.88 Å². The van der Waals surface area contributed by atoms with E-state index in [1.54, 1.807) is 7.11 Å². The number of thiazole rings is 1. The molecule has 0 spiro atoms. The molecule has 0 bridgehead atoms. The quantitative estimate of drug-likeness (QED) is 0.624. The number of piperidine rings is 1. The first-order chi connectivity index (χ1) is 14.7. The third-order valence-corrected chi connectivity index (χ3v) is 7.51. The van der Waals surface area contributed by atoms with Crippen LogP contribution in [0.1, 0.15) is 35.8 Å². The van der Waals surface area contributed by atoms with Gasteiger partial charge in [0, 0.05) is 18.2 Å². The molecule has 0 unspecified atom stereocenters.